The fourth-order valence-electron chi connectivity index (χ4n) is 4.15. The van der Waals surface area contributed by atoms with Gasteiger partial charge in [-0.05, 0) is 68.1 Å². The van der Waals surface area contributed by atoms with Gasteiger partial charge in [-0.2, -0.15) is 0 Å². The highest BCUT2D eigenvalue weighted by molar-refractivity contribution is 6.45. The Morgan fingerprint density at radius 1 is 1.31 bits per heavy atom. The van der Waals surface area contributed by atoms with E-state index in [-0.39, 0.29) is 23.7 Å². The van der Waals surface area contributed by atoms with Crippen LogP contribution in [0.1, 0.15) is 60.9 Å². The Morgan fingerprint density at radius 3 is 2.50 bits per heavy atom. The van der Waals surface area contributed by atoms with Crippen LogP contribution >= 0.6 is 0 Å². The van der Waals surface area contributed by atoms with Gasteiger partial charge in [0, 0.05) is 6.42 Å². The van der Waals surface area contributed by atoms with Crippen molar-refractivity contribution < 1.29 is 19.3 Å². The number of benzene rings is 1. The number of ether oxygens (including phenoxy) is 1. The van der Waals surface area contributed by atoms with Crippen LogP contribution in [0.4, 0.5) is 0 Å². The lowest BCUT2D eigenvalue weighted by atomic mass is 9.74. The van der Waals surface area contributed by atoms with Gasteiger partial charge in [-0.15, -0.1) is 0 Å². The van der Waals surface area contributed by atoms with Crippen LogP contribution < -0.4 is 0 Å². The minimum Gasteiger partial charge on any atom is -0.465 e. The maximum Gasteiger partial charge on any atom is 0.377 e. The first-order chi connectivity index (χ1) is 12.3. The van der Waals surface area contributed by atoms with Crippen molar-refractivity contribution in [1.29, 1.82) is 0 Å². The average Bonchev–Trinajstić information content (AvgIpc) is 3.39. The van der Waals surface area contributed by atoms with Crippen molar-refractivity contribution in [3.8, 4) is 0 Å². The summed E-state index contributed by atoms with van der Waals surface area (Å²) in [7, 11) is 0.775. The van der Waals surface area contributed by atoms with E-state index in [0.29, 0.717) is 17.4 Å². The lowest BCUT2D eigenvalue weighted by molar-refractivity contribution is -0.125. The molecule has 5 nitrogen and oxygen atoms in total. The summed E-state index contributed by atoms with van der Waals surface area (Å²) in [6, 6.07) is 7.08. The molecule has 140 valence electrons. The van der Waals surface area contributed by atoms with Gasteiger partial charge in [0.15, 0.2) is 0 Å². The number of nitrogens with zero attached hydrogens (tertiary/aromatic N) is 1. The van der Waals surface area contributed by atoms with Gasteiger partial charge >= 0.3 is 13.0 Å². The maximum atomic E-state index is 13.0. The molecule has 26 heavy (non-hydrogen) atoms. The summed E-state index contributed by atoms with van der Waals surface area (Å²) in [6.45, 7) is 4.59. The average molecular weight is 357 g/mol. The van der Waals surface area contributed by atoms with Crippen molar-refractivity contribution in [2.24, 2.45) is 5.41 Å². The van der Waals surface area contributed by atoms with Gasteiger partial charge in [0.05, 0.1) is 18.7 Å². The Hall–Kier alpha value is -1.66. The lowest BCUT2D eigenvalue weighted by Crippen LogP contribution is -2.53. The zero-order valence-corrected chi connectivity index (χ0v) is 15.9. The van der Waals surface area contributed by atoms with Gasteiger partial charge in [-0.3, -0.25) is 4.79 Å². The minimum absolute atomic E-state index is 0.0714. The highest BCUT2D eigenvalue weighted by Gasteiger charge is 2.50. The largest absolute Gasteiger partial charge is 0.465 e. The molecule has 2 atom stereocenters. The molecule has 6 heteroatoms. The van der Waals surface area contributed by atoms with E-state index in [1.165, 1.54) is 20.0 Å². The number of methoxy groups -OCH3 is 1. The Morgan fingerprint density at radius 2 is 1.96 bits per heavy atom. The molecular weight excluding hydrogens is 329 g/mol. The zero-order valence-electron chi connectivity index (χ0n) is 15.9. The number of ketones is 1. The summed E-state index contributed by atoms with van der Waals surface area (Å²) >= 11 is 0. The predicted octanol–water partition coefficient (Wildman–Crippen LogP) is 2.89. The highest BCUT2D eigenvalue weighted by Crippen LogP contribution is 2.55. The molecule has 0 unspecified atom stereocenters. The van der Waals surface area contributed by atoms with Crippen molar-refractivity contribution in [2.75, 3.05) is 13.7 Å². The lowest BCUT2D eigenvalue weighted by Gasteiger charge is -2.40. The summed E-state index contributed by atoms with van der Waals surface area (Å²) in [4.78, 5) is 26.5. The molecule has 0 radical (unpaired) electrons. The Kier molecular flexibility index (Phi) is 5.54. The summed E-state index contributed by atoms with van der Waals surface area (Å²) < 4.78 is 4.72. The normalized spacial score (nSPS) is 22.7. The topological polar surface area (TPSA) is 66.8 Å². The molecule has 0 amide bonds. The third-order valence-electron chi connectivity index (χ3n) is 6.14. The van der Waals surface area contributed by atoms with Crippen LogP contribution in [-0.2, 0) is 9.53 Å². The Balaban J connectivity index is 1.66. The SMILES string of the molecule is COC(=O)c1ccc([C@H](C)CC(=O)[C@H]2CC3(CCN2B(C)O)CC3)cc1. The predicted molar refractivity (Wildman–Crippen MR) is 101 cm³/mol. The van der Waals surface area contributed by atoms with Crippen LogP contribution in [0, 0.1) is 5.41 Å². The van der Waals surface area contributed by atoms with Crippen LogP contribution in [0.25, 0.3) is 0 Å². The van der Waals surface area contributed by atoms with Gasteiger partial charge in [-0.25, -0.2) is 4.79 Å². The highest BCUT2D eigenvalue weighted by atomic mass is 16.5. The van der Waals surface area contributed by atoms with Crippen LogP contribution in [0.3, 0.4) is 0 Å². The van der Waals surface area contributed by atoms with E-state index in [1.807, 2.05) is 23.9 Å². The second kappa shape index (κ2) is 7.53. The van der Waals surface area contributed by atoms with Gasteiger partial charge in [-0.1, -0.05) is 19.1 Å². The molecule has 1 aromatic rings. The van der Waals surface area contributed by atoms with Crippen LogP contribution in [0.15, 0.2) is 24.3 Å². The molecule has 1 aromatic carbocycles. The van der Waals surface area contributed by atoms with E-state index >= 15 is 0 Å². The monoisotopic (exact) mass is 357 g/mol. The number of rotatable bonds is 6. The number of carbonyl (C=O) groups excluding carboxylic acids is 2. The number of Topliss-reactive ketones (excluding diaryl/α,β-unsaturated/α-hetero) is 1. The van der Waals surface area contributed by atoms with Gasteiger partial charge in [0.25, 0.3) is 0 Å². The van der Waals surface area contributed by atoms with E-state index in [0.717, 1.165) is 24.9 Å². The Bertz CT molecular complexity index is 669. The first-order valence-electron chi connectivity index (χ1n) is 9.50. The van der Waals surface area contributed by atoms with Crippen LogP contribution in [0.5, 0.6) is 0 Å². The quantitative estimate of drug-likeness (QED) is 0.626. The van der Waals surface area contributed by atoms with Crippen molar-refractivity contribution in [1.82, 2.24) is 4.81 Å². The van der Waals surface area contributed by atoms with E-state index in [4.69, 9.17) is 4.74 Å². The van der Waals surface area contributed by atoms with Crippen LogP contribution in [-0.4, -0.2) is 48.3 Å². The fraction of sp³-hybridized carbons (Fsp3) is 0.600. The second-order valence-electron chi connectivity index (χ2n) is 8.02. The van der Waals surface area contributed by atoms with E-state index in [1.54, 1.807) is 19.0 Å². The van der Waals surface area contributed by atoms with Crippen molar-refractivity contribution in [2.45, 2.75) is 57.8 Å². The van der Waals surface area contributed by atoms with E-state index in [2.05, 4.69) is 0 Å². The summed E-state index contributed by atoms with van der Waals surface area (Å²) in [5.74, 6) is -0.0756. The second-order valence-corrected chi connectivity index (χ2v) is 8.02. The fourth-order valence-corrected chi connectivity index (χ4v) is 4.15. The molecule has 0 bridgehead atoms. The summed E-state index contributed by atoms with van der Waals surface area (Å²) in [5, 5.41) is 10.1. The zero-order chi connectivity index (χ0) is 18.9. The van der Waals surface area contributed by atoms with Gasteiger partial charge < -0.3 is 14.6 Å². The number of hydrogen-bond acceptors (Lipinski definition) is 5. The molecule has 1 heterocycles. The number of piperidine rings is 1. The smallest absolute Gasteiger partial charge is 0.377 e. The van der Waals surface area contributed by atoms with Crippen molar-refractivity contribution in [3.05, 3.63) is 35.4 Å². The minimum atomic E-state index is -0.588. The first-order valence-corrected chi connectivity index (χ1v) is 9.50. The van der Waals surface area contributed by atoms with Gasteiger partial charge in [0.2, 0.25) is 0 Å². The third-order valence-corrected chi connectivity index (χ3v) is 6.14. The standard InChI is InChI=1S/C20H28BNO4/c1-14(15-4-6-16(7-5-15)19(24)26-3)12-18(23)17-13-20(8-9-20)10-11-22(17)21(2)25/h4-7,14,17,25H,8-13H2,1-3H3/t14-,17-/m1/s1. The maximum absolute atomic E-state index is 13.0. The molecule has 1 saturated carbocycles. The molecule has 1 spiro atoms. The van der Waals surface area contributed by atoms with E-state index < -0.39 is 7.05 Å². The first kappa shape index (κ1) is 19.1. The van der Waals surface area contributed by atoms with E-state index in [9.17, 15) is 14.6 Å². The molecule has 1 saturated heterocycles. The number of esters is 1. The molecule has 3 rings (SSSR count). The Labute approximate surface area is 155 Å². The van der Waals surface area contributed by atoms with Crippen LogP contribution in [0.2, 0.25) is 6.82 Å². The summed E-state index contributed by atoms with van der Waals surface area (Å²) in [5.41, 5.74) is 1.90. The number of hydrogen-bond donors (Lipinski definition) is 1. The number of carbonyl (C=O) groups is 2. The molecule has 2 aliphatic rings. The van der Waals surface area contributed by atoms with Crippen molar-refractivity contribution in [3.63, 3.8) is 0 Å². The third kappa shape index (κ3) is 4.02. The molecule has 2 fully saturated rings. The van der Waals surface area contributed by atoms with Gasteiger partial charge in [0.1, 0.15) is 5.78 Å². The molecule has 1 aliphatic carbocycles. The van der Waals surface area contributed by atoms with Crippen molar-refractivity contribution >= 4 is 18.8 Å². The molecular formula is C20H28BNO4. The molecule has 1 N–H and O–H groups in total. The molecule has 1 aliphatic heterocycles. The molecule has 0 aromatic heterocycles. The summed E-state index contributed by atoms with van der Waals surface area (Å²) in [6.07, 6.45) is 4.85.